The summed E-state index contributed by atoms with van der Waals surface area (Å²) in [5, 5.41) is 0. The third-order valence-corrected chi connectivity index (χ3v) is 3.84. The molecule has 2 heteroatoms. The summed E-state index contributed by atoms with van der Waals surface area (Å²) in [5.74, 6) is 11.8. The zero-order valence-corrected chi connectivity index (χ0v) is 15.7. The second-order valence-electron chi connectivity index (χ2n) is 6.08. The van der Waals surface area contributed by atoms with Gasteiger partial charge in [-0.25, -0.2) is 0 Å². The first kappa shape index (κ1) is 22.6. The van der Waals surface area contributed by atoms with Crippen LogP contribution < -0.4 is 0 Å². The molecule has 0 aromatic heterocycles. The molecule has 136 valence electrons. The number of unbranched alkanes of at least 4 members (excludes halogenated alkanes) is 12. The highest BCUT2D eigenvalue weighted by Crippen LogP contribution is 2.12. The summed E-state index contributed by atoms with van der Waals surface area (Å²) in [6, 6.07) is 0. The standard InChI is InChI=1S/C22H36O2/c1-3-5-6-7-8-9-10-11-12-13-14-15-16-17-18-19-20-21-22-24-23-4-2/h4H,2-3,5-16,21-22H2,1H3. The SMILES string of the molecule is C=COOCCC#CC#CCCCCCCCCCCCCCC. The zero-order chi connectivity index (χ0) is 17.6. The largest absolute Gasteiger partial charge is 0.346 e. The van der Waals surface area contributed by atoms with Gasteiger partial charge >= 0.3 is 0 Å². The van der Waals surface area contributed by atoms with Crippen molar-refractivity contribution in [3.8, 4) is 23.7 Å². The molecular weight excluding hydrogens is 296 g/mol. The number of hydrogen-bond acceptors (Lipinski definition) is 2. The fraction of sp³-hybridized carbons (Fsp3) is 0.727. The summed E-state index contributed by atoms with van der Waals surface area (Å²) in [7, 11) is 0. The van der Waals surface area contributed by atoms with Crippen LogP contribution >= 0.6 is 0 Å². The van der Waals surface area contributed by atoms with Crippen molar-refractivity contribution in [1.29, 1.82) is 0 Å². The molecule has 0 aliphatic heterocycles. The van der Waals surface area contributed by atoms with Crippen LogP contribution in [0.3, 0.4) is 0 Å². The second-order valence-corrected chi connectivity index (χ2v) is 6.08. The topological polar surface area (TPSA) is 18.5 Å². The minimum Gasteiger partial charge on any atom is -0.346 e. The van der Waals surface area contributed by atoms with Gasteiger partial charge in [-0.15, -0.1) is 0 Å². The fourth-order valence-electron chi connectivity index (χ4n) is 2.46. The van der Waals surface area contributed by atoms with E-state index in [-0.39, 0.29) is 0 Å². The van der Waals surface area contributed by atoms with Crippen LogP contribution in [0.2, 0.25) is 0 Å². The quantitative estimate of drug-likeness (QED) is 0.105. The van der Waals surface area contributed by atoms with Crippen molar-refractivity contribution in [3.63, 3.8) is 0 Å². The van der Waals surface area contributed by atoms with E-state index in [1.165, 1.54) is 83.3 Å². The molecule has 0 aliphatic rings. The fourth-order valence-corrected chi connectivity index (χ4v) is 2.46. The number of rotatable bonds is 16. The molecule has 0 bridgehead atoms. The average molecular weight is 333 g/mol. The molecule has 0 spiro atoms. The van der Waals surface area contributed by atoms with Gasteiger partial charge in [0.05, 0.1) is 0 Å². The maximum atomic E-state index is 4.74. The van der Waals surface area contributed by atoms with Crippen molar-refractivity contribution < 1.29 is 9.78 Å². The highest BCUT2D eigenvalue weighted by atomic mass is 17.2. The Morgan fingerprint density at radius 3 is 1.75 bits per heavy atom. The predicted octanol–water partition coefficient (Wildman–Crippen LogP) is 6.57. The van der Waals surface area contributed by atoms with Crippen LogP contribution in [0.1, 0.15) is 96.8 Å². The normalized spacial score (nSPS) is 9.54. The minimum absolute atomic E-state index is 0.444. The molecule has 2 nitrogen and oxygen atoms in total. The summed E-state index contributed by atoms with van der Waals surface area (Å²) >= 11 is 0. The summed E-state index contributed by atoms with van der Waals surface area (Å²) in [4.78, 5) is 9.27. The first-order valence-electron chi connectivity index (χ1n) is 9.76. The molecule has 0 rings (SSSR count). The Morgan fingerprint density at radius 1 is 0.708 bits per heavy atom. The molecular formula is C22H36O2. The highest BCUT2D eigenvalue weighted by Gasteiger charge is 1.92. The van der Waals surface area contributed by atoms with Gasteiger partial charge in [-0.05, 0) is 18.3 Å². The molecule has 0 saturated carbocycles. The lowest BCUT2D eigenvalue weighted by molar-refractivity contribution is -0.246. The zero-order valence-electron chi connectivity index (χ0n) is 15.7. The van der Waals surface area contributed by atoms with Crippen LogP contribution in [0.25, 0.3) is 0 Å². The first-order chi connectivity index (χ1) is 11.9. The average Bonchev–Trinajstić information content (AvgIpc) is 2.60. The van der Waals surface area contributed by atoms with Gasteiger partial charge in [-0.3, -0.25) is 0 Å². The third-order valence-electron chi connectivity index (χ3n) is 3.84. The van der Waals surface area contributed by atoms with Crippen molar-refractivity contribution in [2.75, 3.05) is 6.61 Å². The number of hydrogen-bond donors (Lipinski definition) is 0. The van der Waals surface area contributed by atoms with E-state index in [2.05, 4.69) is 42.1 Å². The van der Waals surface area contributed by atoms with Gasteiger partial charge in [0.1, 0.15) is 12.9 Å². The van der Waals surface area contributed by atoms with Crippen molar-refractivity contribution in [2.24, 2.45) is 0 Å². The van der Waals surface area contributed by atoms with Gasteiger partial charge in [0.15, 0.2) is 0 Å². The highest BCUT2D eigenvalue weighted by molar-refractivity contribution is 5.25. The first-order valence-corrected chi connectivity index (χ1v) is 9.76. The Kier molecular flexibility index (Phi) is 20.4. The van der Waals surface area contributed by atoms with Crippen LogP contribution in [-0.2, 0) is 9.78 Å². The molecule has 0 unspecified atom stereocenters. The van der Waals surface area contributed by atoms with E-state index < -0.39 is 0 Å². The van der Waals surface area contributed by atoms with Gasteiger partial charge in [0, 0.05) is 12.8 Å². The van der Waals surface area contributed by atoms with Gasteiger partial charge < -0.3 is 4.89 Å². The van der Waals surface area contributed by atoms with E-state index in [0.29, 0.717) is 13.0 Å². The van der Waals surface area contributed by atoms with Gasteiger partial charge in [0.25, 0.3) is 0 Å². The van der Waals surface area contributed by atoms with E-state index in [4.69, 9.17) is 4.89 Å². The van der Waals surface area contributed by atoms with Crippen LogP contribution in [-0.4, -0.2) is 6.61 Å². The summed E-state index contributed by atoms with van der Waals surface area (Å²) in [6.07, 6.45) is 19.4. The lowest BCUT2D eigenvalue weighted by atomic mass is 10.0. The van der Waals surface area contributed by atoms with Crippen LogP contribution in [0, 0.1) is 23.7 Å². The molecule has 0 radical (unpaired) electrons. The Morgan fingerprint density at radius 2 is 1.21 bits per heavy atom. The molecule has 0 saturated heterocycles. The van der Waals surface area contributed by atoms with Gasteiger partial charge in [-0.2, -0.15) is 4.89 Å². The molecule has 0 aromatic carbocycles. The molecule has 24 heavy (non-hydrogen) atoms. The van der Waals surface area contributed by atoms with Gasteiger partial charge in [0.2, 0.25) is 0 Å². The Labute approximate surface area is 150 Å². The van der Waals surface area contributed by atoms with E-state index in [0.717, 1.165) is 6.42 Å². The van der Waals surface area contributed by atoms with Crippen molar-refractivity contribution in [2.45, 2.75) is 96.8 Å². The van der Waals surface area contributed by atoms with E-state index in [1.807, 2.05) is 0 Å². The van der Waals surface area contributed by atoms with E-state index in [1.54, 1.807) is 0 Å². The predicted molar refractivity (Wildman–Crippen MR) is 103 cm³/mol. The summed E-state index contributed by atoms with van der Waals surface area (Å²) in [5.41, 5.74) is 0. The maximum Gasteiger partial charge on any atom is 0.122 e. The van der Waals surface area contributed by atoms with E-state index >= 15 is 0 Å². The molecule has 0 aromatic rings. The van der Waals surface area contributed by atoms with Crippen LogP contribution in [0.4, 0.5) is 0 Å². The smallest absolute Gasteiger partial charge is 0.122 e. The lowest BCUT2D eigenvalue weighted by Crippen LogP contribution is -1.89. The Bertz CT molecular complexity index is 378. The minimum atomic E-state index is 0.444. The van der Waals surface area contributed by atoms with Crippen LogP contribution in [0.15, 0.2) is 12.8 Å². The molecule has 0 aliphatic carbocycles. The van der Waals surface area contributed by atoms with Crippen LogP contribution in [0.5, 0.6) is 0 Å². The summed E-state index contributed by atoms with van der Waals surface area (Å²) in [6.45, 7) is 6.09. The van der Waals surface area contributed by atoms with E-state index in [9.17, 15) is 0 Å². The van der Waals surface area contributed by atoms with Crippen molar-refractivity contribution in [3.05, 3.63) is 12.8 Å². The molecule has 0 amide bonds. The monoisotopic (exact) mass is 332 g/mol. The molecule has 0 heterocycles. The molecule has 0 atom stereocenters. The second kappa shape index (κ2) is 21.6. The van der Waals surface area contributed by atoms with Crippen molar-refractivity contribution >= 4 is 0 Å². The molecule has 0 fully saturated rings. The summed E-state index contributed by atoms with van der Waals surface area (Å²) < 4.78 is 0. The molecule has 0 N–H and O–H groups in total. The van der Waals surface area contributed by atoms with Gasteiger partial charge in [-0.1, -0.05) is 96.0 Å². The third kappa shape index (κ3) is 20.6. The van der Waals surface area contributed by atoms with Crippen molar-refractivity contribution in [1.82, 2.24) is 0 Å². The maximum absolute atomic E-state index is 4.74. The Balaban J connectivity index is 3.19. The lowest BCUT2D eigenvalue weighted by Gasteiger charge is -2.01. The Hall–Kier alpha value is -1.38.